The number of carbonyl (C=O) groups is 1. The molecule has 0 saturated heterocycles. The zero-order chi connectivity index (χ0) is 20.1. The summed E-state index contributed by atoms with van der Waals surface area (Å²) in [6.45, 7) is 0. The van der Waals surface area contributed by atoms with Crippen molar-refractivity contribution in [3.8, 4) is 6.07 Å². The van der Waals surface area contributed by atoms with E-state index in [-0.39, 0.29) is 5.57 Å². The zero-order valence-electron chi connectivity index (χ0n) is 15.4. The first-order chi connectivity index (χ1) is 14.3. The van der Waals surface area contributed by atoms with Gasteiger partial charge in [-0.05, 0) is 29.8 Å². The van der Waals surface area contributed by atoms with Gasteiger partial charge in [-0.3, -0.25) is 4.79 Å². The van der Waals surface area contributed by atoms with Crippen LogP contribution >= 0.6 is 11.8 Å². The largest absolute Gasteiger partial charge is 0.321 e. The SMILES string of the molecule is N#C/C(C(=O)Nc1ccccc1)=C1/SC=C(c2ccccc2)N1c1ccccc1. The number of nitrogens with zero attached hydrogens (tertiary/aromatic N) is 2. The fourth-order valence-corrected chi connectivity index (χ4v) is 4.08. The van der Waals surface area contributed by atoms with Gasteiger partial charge in [-0.2, -0.15) is 5.26 Å². The van der Waals surface area contributed by atoms with E-state index in [1.807, 2.05) is 89.2 Å². The lowest BCUT2D eigenvalue weighted by molar-refractivity contribution is -0.112. The number of carbonyl (C=O) groups excluding carboxylic acids is 1. The van der Waals surface area contributed by atoms with Gasteiger partial charge in [0, 0.05) is 16.8 Å². The lowest BCUT2D eigenvalue weighted by atomic mass is 10.1. The van der Waals surface area contributed by atoms with Crippen LogP contribution in [0, 0.1) is 11.3 Å². The van der Waals surface area contributed by atoms with Crippen LogP contribution in [0.5, 0.6) is 0 Å². The first-order valence-corrected chi connectivity index (χ1v) is 9.94. The maximum atomic E-state index is 12.9. The summed E-state index contributed by atoms with van der Waals surface area (Å²) in [4.78, 5) is 14.9. The lowest BCUT2D eigenvalue weighted by Gasteiger charge is -2.24. The van der Waals surface area contributed by atoms with Crippen molar-refractivity contribution in [3.63, 3.8) is 0 Å². The summed E-state index contributed by atoms with van der Waals surface area (Å²) < 4.78 is 0. The number of hydrogen-bond acceptors (Lipinski definition) is 4. The molecule has 0 spiro atoms. The summed E-state index contributed by atoms with van der Waals surface area (Å²) in [7, 11) is 0. The molecule has 5 heteroatoms. The Morgan fingerprint density at radius 3 is 2.07 bits per heavy atom. The molecule has 3 aromatic carbocycles. The molecule has 0 bridgehead atoms. The van der Waals surface area contributed by atoms with Crippen molar-refractivity contribution in [2.24, 2.45) is 0 Å². The Bertz CT molecular complexity index is 1120. The van der Waals surface area contributed by atoms with E-state index < -0.39 is 5.91 Å². The second-order valence-electron chi connectivity index (χ2n) is 6.27. The molecule has 1 heterocycles. The number of nitrogens with one attached hydrogen (secondary N) is 1. The number of hydrogen-bond donors (Lipinski definition) is 1. The summed E-state index contributed by atoms with van der Waals surface area (Å²) >= 11 is 1.38. The Balaban J connectivity index is 1.76. The van der Waals surface area contributed by atoms with Gasteiger partial charge in [-0.1, -0.05) is 78.5 Å². The Hall–Kier alpha value is -3.75. The quantitative estimate of drug-likeness (QED) is 0.461. The molecule has 0 fully saturated rings. The van der Waals surface area contributed by atoms with Gasteiger partial charge in [0.2, 0.25) is 0 Å². The summed E-state index contributed by atoms with van der Waals surface area (Å²) in [6, 6.07) is 30.9. The van der Waals surface area contributed by atoms with E-state index >= 15 is 0 Å². The van der Waals surface area contributed by atoms with Gasteiger partial charge >= 0.3 is 0 Å². The molecule has 3 aromatic rings. The monoisotopic (exact) mass is 395 g/mol. The molecule has 1 aliphatic heterocycles. The average Bonchev–Trinajstić information content (AvgIpc) is 3.21. The molecular formula is C24H17N3OS. The van der Waals surface area contributed by atoms with Crippen molar-refractivity contribution in [3.05, 3.63) is 113 Å². The van der Waals surface area contributed by atoms with Gasteiger partial charge in [0.25, 0.3) is 5.91 Å². The predicted molar refractivity (Wildman–Crippen MR) is 119 cm³/mol. The topological polar surface area (TPSA) is 56.1 Å². The van der Waals surface area contributed by atoms with Crippen molar-refractivity contribution < 1.29 is 4.79 Å². The third-order valence-corrected chi connectivity index (χ3v) is 5.35. The maximum Gasteiger partial charge on any atom is 0.269 e. The molecule has 0 atom stereocenters. The third kappa shape index (κ3) is 3.93. The third-order valence-electron chi connectivity index (χ3n) is 4.39. The van der Waals surface area contributed by atoms with Gasteiger partial charge in [-0.15, -0.1) is 0 Å². The number of rotatable bonds is 4. The number of amides is 1. The van der Waals surface area contributed by atoms with Crippen LogP contribution in [-0.2, 0) is 4.79 Å². The number of thioether (sulfide) groups is 1. The Kier molecular flexibility index (Phi) is 5.46. The second kappa shape index (κ2) is 8.51. The predicted octanol–water partition coefficient (Wildman–Crippen LogP) is 5.61. The normalized spacial score (nSPS) is 14.7. The van der Waals surface area contributed by atoms with Crippen LogP contribution in [-0.4, -0.2) is 5.91 Å². The molecule has 0 radical (unpaired) electrons. The van der Waals surface area contributed by atoms with Crippen molar-refractivity contribution in [2.45, 2.75) is 0 Å². The van der Waals surface area contributed by atoms with E-state index in [0.29, 0.717) is 10.7 Å². The van der Waals surface area contributed by atoms with Crippen LogP contribution in [0.1, 0.15) is 5.56 Å². The molecule has 4 nitrogen and oxygen atoms in total. The van der Waals surface area contributed by atoms with E-state index in [1.165, 1.54) is 11.8 Å². The highest BCUT2D eigenvalue weighted by atomic mass is 32.2. The molecule has 4 rings (SSSR count). The van der Waals surface area contributed by atoms with Crippen molar-refractivity contribution >= 4 is 34.7 Å². The standard InChI is InChI=1S/C24H17N3OS/c25-16-21(23(28)26-19-12-6-2-7-13-19)24-27(20-14-8-3-9-15-20)22(17-29-24)18-10-4-1-5-11-18/h1-15,17H,(H,26,28)/b24-21-. The first kappa shape index (κ1) is 18.6. The summed E-state index contributed by atoms with van der Waals surface area (Å²) in [5.41, 5.74) is 3.56. The lowest BCUT2D eigenvalue weighted by Crippen LogP contribution is -2.22. The molecule has 0 aliphatic carbocycles. The highest BCUT2D eigenvalue weighted by Crippen LogP contribution is 2.44. The summed E-state index contributed by atoms with van der Waals surface area (Å²) in [5, 5.41) is 15.2. The van der Waals surface area contributed by atoms with E-state index in [1.54, 1.807) is 12.1 Å². The van der Waals surface area contributed by atoms with E-state index in [0.717, 1.165) is 16.9 Å². The Morgan fingerprint density at radius 2 is 1.45 bits per heavy atom. The Morgan fingerprint density at radius 1 is 0.862 bits per heavy atom. The summed E-state index contributed by atoms with van der Waals surface area (Å²) in [5.74, 6) is -0.426. The van der Waals surface area contributed by atoms with Gasteiger partial charge in [0.15, 0.2) is 0 Å². The molecule has 140 valence electrons. The summed E-state index contributed by atoms with van der Waals surface area (Å²) in [6.07, 6.45) is 0. The number of anilines is 2. The van der Waals surface area contributed by atoms with Gasteiger partial charge in [0.1, 0.15) is 16.7 Å². The smallest absolute Gasteiger partial charge is 0.269 e. The van der Waals surface area contributed by atoms with Crippen LogP contribution in [0.2, 0.25) is 0 Å². The fraction of sp³-hybridized carbons (Fsp3) is 0. The first-order valence-electron chi connectivity index (χ1n) is 9.06. The van der Waals surface area contributed by atoms with Gasteiger partial charge in [-0.25, -0.2) is 0 Å². The highest BCUT2D eigenvalue weighted by molar-refractivity contribution is 8.06. The van der Waals surface area contributed by atoms with E-state index in [9.17, 15) is 10.1 Å². The van der Waals surface area contributed by atoms with Crippen LogP contribution < -0.4 is 10.2 Å². The molecule has 0 saturated carbocycles. The Labute approximate surface area is 173 Å². The molecule has 29 heavy (non-hydrogen) atoms. The maximum absolute atomic E-state index is 12.9. The minimum Gasteiger partial charge on any atom is -0.321 e. The van der Waals surface area contributed by atoms with Crippen LogP contribution in [0.25, 0.3) is 5.70 Å². The zero-order valence-corrected chi connectivity index (χ0v) is 16.3. The minimum absolute atomic E-state index is 0.0740. The van der Waals surface area contributed by atoms with Crippen LogP contribution in [0.15, 0.2) is 107 Å². The molecular weight excluding hydrogens is 378 g/mol. The highest BCUT2D eigenvalue weighted by Gasteiger charge is 2.29. The van der Waals surface area contributed by atoms with Gasteiger partial charge in [0.05, 0.1) is 5.70 Å². The molecule has 0 unspecified atom stereocenters. The molecule has 1 N–H and O–H groups in total. The molecule has 1 amide bonds. The van der Waals surface area contributed by atoms with Crippen molar-refractivity contribution in [2.75, 3.05) is 10.2 Å². The fourth-order valence-electron chi connectivity index (χ4n) is 3.05. The van der Waals surface area contributed by atoms with E-state index in [2.05, 4.69) is 11.4 Å². The van der Waals surface area contributed by atoms with Crippen molar-refractivity contribution in [1.29, 1.82) is 5.26 Å². The van der Waals surface area contributed by atoms with E-state index in [4.69, 9.17) is 0 Å². The molecule has 1 aliphatic rings. The number of para-hydroxylation sites is 2. The average molecular weight is 395 g/mol. The minimum atomic E-state index is -0.426. The van der Waals surface area contributed by atoms with Crippen LogP contribution in [0.4, 0.5) is 11.4 Å². The van der Waals surface area contributed by atoms with Crippen molar-refractivity contribution in [1.82, 2.24) is 0 Å². The number of nitriles is 1. The second-order valence-corrected chi connectivity index (χ2v) is 7.13. The number of benzene rings is 3. The van der Waals surface area contributed by atoms with Gasteiger partial charge < -0.3 is 10.2 Å². The molecule has 0 aromatic heterocycles. The van der Waals surface area contributed by atoms with Crippen LogP contribution in [0.3, 0.4) is 0 Å².